The molecule has 4 heavy (non-hydrogen) atoms. The molecule has 0 fully saturated rings. The molecule has 0 aromatic heterocycles. The van der Waals surface area contributed by atoms with Gasteiger partial charge in [-0.1, -0.05) is 0 Å². The first kappa shape index (κ1) is 27.1. The van der Waals surface area contributed by atoms with Crippen molar-refractivity contribution in [3.05, 3.63) is 0 Å². The predicted molar refractivity (Wildman–Crippen MR) is 26.2 cm³/mol. The molecule has 2 radical (unpaired) electrons. The first-order valence-corrected chi connectivity index (χ1v) is 0. The Kier molecular flexibility index (Phi) is 111. The summed E-state index contributed by atoms with van der Waals surface area (Å²) in [4.78, 5) is 0. The molecular formula is BaPbS2. The van der Waals surface area contributed by atoms with Crippen LogP contribution in [-0.2, 0) is 27.0 Å². The van der Waals surface area contributed by atoms with E-state index in [1.54, 1.807) is 0 Å². The monoisotopic (exact) mass is 410 g/mol. The maximum absolute atomic E-state index is 0. The quantitative estimate of drug-likeness (QED) is 0.462. The summed E-state index contributed by atoms with van der Waals surface area (Å²) in [5.74, 6) is 0. The minimum absolute atomic E-state index is 0. The van der Waals surface area contributed by atoms with Crippen LogP contribution in [-0.4, -0.2) is 76.2 Å². The molecule has 18 valence electrons. The molecule has 0 atom stereocenters. The Balaban J connectivity index is 0. The average molecular weight is 409 g/mol. The second-order valence-electron chi connectivity index (χ2n) is 0. The third kappa shape index (κ3) is 8.96. The van der Waals surface area contributed by atoms with Gasteiger partial charge in [0, 0.05) is 0 Å². The van der Waals surface area contributed by atoms with Crippen molar-refractivity contribution in [3.63, 3.8) is 0 Å². The molecule has 0 spiro atoms. The molecular weight excluding hydrogens is 409 g/mol. The molecule has 0 aromatic carbocycles. The van der Waals surface area contributed by atoms with E-state index in [0.717, 1.165) is 0 Å². The summed E-state index contributed by atoms with van der Waals surface area (Å²) in [5, 5.41) is 0. The second kappa shape index (κ2) is 16.4. The van der Waals surface area contributed by atoms with Gasteiger partial charge in [0.15, 0.2) is 0 Å². The van der Waals surface area contributed by atoms with E-state index in [2.05, 4.69) is 0 Å². The Labute approximate surface area is 101 Å². The Bertz CT molecular complexity index is 6.00. The van der Waals surface area contributed by atoms with Crippen LogP contribution in [0.3, 0.4) is 0 Å². The number of rotatable bonds is 0. The van der Waals surface area contributed by atoms with Crippen molar-refractivity contribution in [3.8, 4) is 0 Å². The molecule has 4 heteroatoms. The van der Waals surface area contributed by atoms with E-state index in [-0.39, 0.29) is 103 Å². The van der Waals surface area contributed by atoms with Crippen LogP contribution in [0.2, 0.25) is 0 Å². The standard InChI is InChI=1S/Ba.Pb.2S/q2*+2;2*-2. The van der Waals surface area contributed by atoms with Gasteiger partial charge in [-0.15, -0.1) is 0 Å². The zero-order valence-corrected chi connectivity index (χ0v) is 12.0. The van der Waals surface area contributed by atoms with Gasteiger partial charge in [0.2, 0.25) is 0 Å². The van der Waals surface area contributed by atoms with Crippen LogP contribution in [0.15, 0.2) is 0 Å². The van der Waals surface area contributed by atoms with E-state index >= 15 is 0 Å². The van der Waals surface area contributed by atoms with E-state index in [0.29, 0.717) is 0 Å². The van der Waals surface area contributed by atoms with Crippen LogP contribution in [0.4, 0.5) is 0 Å². The van der Waals surface area contributed by atoms with Crippen LogP contribution in [0.5, 0.6) is 0 Å². The van der Waals surface area contributed by atoms with E-state index in [4.69, 9.17) is 0 Å². The molecule has 0 N–H and O–H groups in total. The van der Waals surface area contributed by atoms with Crippen LogP contribution in [0, 0.1) is 0 Å². The Hall–Kier alpha value is 3.19. The molecule has 0 rings (SSSR count). The van der Waals surface area contributed by atoms with Crippen molar-refractivity contribution in [1.82, 2.24) is 0 Å². The molecule has 0 saturated carbocycles. The van der Waals surface area contributed by atoms with Gasteiger partial charge in [0.25, 0.3) is 0 Å². The molecule has 0 aromatic rings. The van der Waals surface area contributed by atoms with Crippen LogP contribution >= 0.6 is 0 Å². The maximum atomic E-state index is 0. The van der Waals surface area contributed by atoms with Crippen molar-refractivity contribution < 1.29 is 0 Å². The predicted octanol–water partition coefficient (Wildman–Crippen LogP) is -0.766. The third-order valence-corrected chi connectivity index (χ3v) is 0. The molecule has 0 amide bonds. The number of hydrogen-bond acceptors (Lipinski definition) is 0. The Morgan fingerprint density at radius 3 is 0.750 bits per heavy atom. The minimum atomic E-state index is 0. The molecule has 0 aliphatic carbocycles. The van der Waals surface area contributed by atoms with Crippen molar-refractivity contribution in [2.24, 2.45) is 0 Å². The second-order valence-corrected chi connectivity index (χ2v) is 0. The molecule has 0 bridgehead atoms. The van der Waals surface area contributed by atoms with Crippen LogP contribution in [0.1, 0.15) is 0 Å². The fourth-order valence-corrected chi connectivity index (χ4v) is 0. The summed E-state index contributed by atoms with van der Waals surface area (Å²) < 4.78 is 0. The summed E-state index contributed by atoms with van der Waals surface area (Å²) >= 11 is 0. The van der Waals surface area contributed by atoms with Gasteiger partial charge in [0.05, 0.1) is 0 Å². The van der Waals surface area contributed by atoms with E-state index in [1.165, 1.54) is 0 Å². The summed E-state index contributed by atoms with van der Waals surface area (Å²) in [5.41, 5.74) is 0. The molecule has 0 aliphatic heterocycles. The summed E-state index contributed by atoms with van der Waals surface area (Å²) in [6.07, 6.45) is 0. The van der Waals surface area contributed by atoms with Crippen molar-refractivity contribution in [2.75, 3.05) is 0 Å². The van der Waals surface area contributed by atoms with Gasteiger partial charge < -0.3 is 27.0 Å². The molecule has 0 saturated heterocycles. The first-order chi connectivity index (χ1) is 0. The van der Waals surface area contributed by atoms with Crippen molar-refractivity contribution in [2.45, 2.75) is 0 Å². The van der Waals surface area contributed by atoms with Gasteiger partial charge >= 0.3 is 76.2 Å². The van der Waals surface area contributed by atoms with Gasteiger partial charge in [0.1, 0.15) is 0 Å². The summed E-state index contributed by atoms with van der Waals surface area (Å²) in [6, 6.07) is 0. The summed E-state index contributed by atoms with van der Waals surface area (Å²) in [7, 11) is 0. The smallest absolute Gasteiger partial charge is 2.00 e. The fraction of sp³-hybridized carbons (Fsp3) is 0. The third-order valence-electron chi connectivity index (χ3n) is 0. The molecule has 0 heterocycles. The molecule has 0 aliphatic rings. The van der Waals surface area contributed by atoms with Crippen molar-refractivity contribution >= 4 is 103 Å². The largest absolute Gasteiger partial charge is 2.00 e. The molecule has 0 nitrogen and oxygen atoms in total. The number of hydrogen-bond donors (Lipinski definition) is 0. The average Bonchev–Trinajstić information content (AvgIpc) is 0. The Morgan fingerprint density at radius 2 is 0.750 bits per heavy atom. The van der Waals surface area contributed by atoms with E-state index in [1.807, 2.05) is 0 Å². The first-order valence-electron chi connectivity index (χ1n) is 0. The van der Waals surface area contributed by atoms with Crippen LogP contribution in [0.25, 0.3) is 0 Å². The van der Waals surface area contributed by atoms with E-state index in [9.17, 15) is 0 Å². The molecule has 0 unspecified atom stereocenters. The minimum Gasteiger partial charge on any atom is -2.00 e. The Morgan fingerprint density at radius 1 is 0.750 bits per heavy atom. The summed E-state index contributed by atoms with van der Waals surface area (Å²) in [6.45, 7) is 0. The zero-order chi connectivity index (χ0) is 0. The van der Waals surface area contributed by atoms with Crippen molar-refractivity contribution in [1.29, 1.82) is 0 Å². The SMILES string of the molecule is [Ba+2].[Pb+2].[S-2].[S-2]. The topological polar surface area (TPSA) is 0 Å². The fourth-order valence-electron chi connectivity index (χ4n) is 0. The zero-order valence-electron chi connectivity index (χ0n) is 2.02. The van der Waals surface area contributed by atoms with Gasteiger partial charge in [-0.2, -0.15) is 0 Å². The van der Waals surface area contributed by atoms with E-state index < -0.39 is 0 Å². The maximum Gasteiger partial charge on any atom is 2.00 e. The van der Waals surface area contributed by atoms with Gasteiger partial charge in [-0.25, -0.2) is 0 Å². The van der Waals surface area contributed by atoms with Gasteiger partial charge in [-0.05, 0) is 0 Å². The normalized spacial score (nSPS) is 0. The van der Waals surface area contributed by atoms with Crippen LogP contribution < -0.4 is 0 Å². The van der Waals surface area contributed by atoms with Gasteiger partial charge in [-0.3, -0.25) is 0 Å².